The van der Waals surface area contributed by atoms with Gasteiger partial charge in [0.05, 0.1) is 17.3 Å². The van der Waals surface area contributed by atoms with Crippen LogP contribution in [-0.4, -0.2) is 69.3 Å². The first kappa shape index (κ1) is 31.9. The van der Waals surface area contributed by atoms with Crippen molar-refractivity contribution in [3.05, 3.63) is 71.4 Å². The molecule has 3 heterocycles. The Bertz CT molecular complexity index is 1590. The molecule has 1 aliphatic carbocycles. The van der Waals surface area contributed by atoms with Crippen molar-refractivity contribution in [1.82, 2.24) is 19.8 Å². The number of pyridine rings is 2. The molecule has 3 aromatic rings. The minimum Gasteiger partial charge on any atom is -0.444 e. The number of piperazine rings is 1. The van der Waals surface area contributed by atoms with Crippen LogP contribution in [0.5, 0.6) is 0 Å². The van der Waals surface area contributed by atoms with Crippen molar-refractivity contribution in [2.75, 3.05) is 31.1 Å². The van der Waals surface area contributed by atoms with Gasteiger partial charge in [0.25, 0.3) is 0 Å². The number of hydrogen-bond donors (Lipinski definition) is 0. The van der Waals surface area contributed by atoms with Crippen molar-refractivity contribution in [3.63, 3.8) is 0 Å². The second-order valence-electron chi connectivity index (χ2n) is 13.7. The van der Waals surface area contributed by atoms with Gasteiger partial charge in [-0.25, -0.2) is 24.5 Å². The van der Waals surface area contributed by atoms with Gasteiger partial charge < -0.3 is 14.4 Å². The Kier molecular flexibility index (Phi) is 9.12. The van der Waals surface area contributed by atoms with Crippen LogP contribution in [0, 0.1) is 11.3 Å². The zero-order valence-electron chi connectivity index (χ0n) is 27.0. The van der Waals surface area contributed by atoms with Gasteiger partial charge in [0.15, 0.2) is 0 Å². The molecule has 45 heavy (non-hydrogen) atoms. The molecule has 0 spiro atoms. The van der Waals surface area contributed by atoms with Crippen LogP contribution in [0.15, 0.2) is 54.7 Å². The first-order chi connectivity index (χ1) is 21.3. The summed E-state index contributed by atoms with van der Waals surface area (Å²) in [5, 5.41) is 9.52. The maximum Gasteiger partial charge on any atom is 0.421 e. The van der Waals surface area contributed by atoms with Crippen LogP contribution in [-0.2, 0) is 16.0 Å². The molecule has 2 fully saturated rings. The molecular weight excluding hydrogens is 568 g/mol. The largest absolute Gasteiger partial charge is 0.444 e. The Morgan fingerprint density at radius 2 is 1.64 bits per heavy atom. The van der Waals surface area contributed by atoms with E-state index in [1.165, 1.54) is 11.1 Å². The van der Waals surface area contributed by atoms with Crippen LogP contribution in [0.3, 0.4) is 0 Å². The van der Waals surface area contributed by atoms with Crippen LogP contribution in [0.2, 0.25) is 0 Å². The molecule has 0 radical (unpaired) electrons. The number of amides is 2. The van der Waals surface area contributed by atoms with Gasteiger partial charge in [-0.05, 0) is 102 Å². The van der Waals surface area contributed by atoms with Gasteiger partial charge in [0.1, 0.15) is 22.8 Å². The van der Waals surface area contributed by atoms with Gasteiger partial charge in [0, 0.05) is 44.5 Å². The van der Waals surface area contributed by atoms with Gasteiger partial charge in [0.2, 0.25) is 0 Å². The van der Waals surface area contributed by atoms with Gasteiger partial charge in [-0.15, -0.1) is 0 Å². The second-order valence-corrected chi connectivity index (χ2v) is 13.7. The van der Waals surface area contributed by atoms with E-state index in [1.807, 2.05) is 59.7 Å². The van der Waals surface area contributed by atoms with Gasteiger partial charge >= 0.3 is 12.2 Å². The van der Waals surface area contributed by atoms with Gasteiger partial charge in [-0.3, -0.25) is 4.90 Å². The summed E-state index contributed by atoms with van der Waals surface area (Å²) in [5.41, 5.74) is 3.04. The lowest BCUT2D eigenvalue weighted by atomic mass is 10.0. The summed E-state index contributed by atoms with van der Waals surface area (Å²) >= 11 is 0. The Labute approximate surface area is 265 Å². The molecule has 2 amide bonds. The van der Waals surface area contributed by atoms with E-state index in [1.54, 1.807) is 17.0 Å². The summed E-state index contributed by atoms with van der Waals surface area (Å²) in [6, 6.07) is 17.6. The molecule has 1 saturated heterocycles. The number of anilines is 2. The number of hydrogen-bond acceptors (Lipinski definition) is 8. The third kappa shape index (κ3) is 8.58. The van der Waals surface area contributed by atoms with E-state index in [4.69, 9.17) is 14.5 Å². The molecule has 0 unspecified atom stereocenters. The van der Waals surface area contributed by atoms with Crippen LogP contribution < -0.4 is 4.90 Å². The van der Waals surface area contributed by atoms with Crippen LogP contribution >= 0.6 is 0 Å². The minimum absolute atomic E-state index is 0.267. The van der Waals surface area contributed by atoms with E-state index < -0.39 is 17.3 Å². The quantitative estimate of drug-likeness (QED) is 0.293. The number of carbonyl (C=O) groups excluding carboxylic acids is 2. The smallest absolute Gasteiger partial charge is 0.421 e. The van der Waals surface area contributed by atoms with E-state index in [-0.39, 0.29) is 11.9 Å². The minimum atomic E-state index is -0.744. The highest BCUT2D eigenvalue weighted by molar-refractivity contribution is 5.94. The number of ether oxygens (including phenoxy) is 2. The summed E-state index contributed by atoms with van der Waals surface area (Å²) in [6.07, 6.45) is 2.78. The van der Waals surface area contributed by atoms with E-state index in [2.05, 4.69) is 34.2 Å². The van der Waals surface area contributed by atoms with Gasteiger partial charge in [-0.1, -0.05) is 18.2 Å². The van der Waals surface area contributed by atoms with Crippen LogP contribution in [0.1, 0.15) is 77.0 Å². The fraction of sp³-hybridized carbons (Fsp3) is 0.457. The van der Waals surface area contributed by atoms with Crippen molar-refractivity contribution in [2.45, 2.75) is 78.0 Å². The molecule has 1 aliphatic heterocycles. The number of benzene rings is 1. The predicted molar refractivity (Wildman–Crippen MR) is 172 cm³/mol. The number of nitrogens with zero attached hydrogens (tertiary/aromatic N) is 6. The lowest BCUT2D eigenvalue weighted by molar-refractivity contribution is 0.0139. The Morgan fingerprint density at radius 3 is 2.29 bits per heavy atom. The van der Waals surface area contributed by atoms with Crippen molar-refractivity contribution in [3.8, 4) is 17.3 Å². The lowest BCUT2D eigenvalue weighted by Gasteiger charge is -2.35. The lowest BCUT2D eigenvalue weighted by Crippen LogP contribution is -2.49. The molecule has 5 rings (SSSR count). The average molecular weight is 611 g/mol. The first-order valence-corrected chi connectivity index (χ1v) is 15.5. The molecule has 1 aromatic carbocycles. The highest BCUT2D eigenvalue weighted by Gasteiger charge is 2.31. The fourth-order valence-corrected chi connectivity index (χ4v) is 5.18. The Balaban J connectivity index is 1.41. The number of rotatable bonds is 6. The third-order valence-corrected chi connectivity index (χ3v) is 7.44. The molecule has 10 heteroatoms. The van der Waals surface area contributed by atoms with Crippen LogP contribution in [0.4, 0.5) is 21.2 Å². The van der Waals surface area contributed by atoms with E-state index in [0.29, 0.717) is 30.4 Å². The van der Waals surface area contributed by atoms with E-state index >= 15 is 0 Å². The molecule has 10 nitrogen and oxygen atoms in total. The van der Waals surface area contributed by atoms with Crippen molar-refractivity contribution in [1.29, 1.82) is 5.26 Å². The monoisotopic (exact) mass is 610 g/mol. The normalized spacial score (nSPS) is 15.7. The maximum atomic E-state index is 13.6. The molecule has 2 aliphatic rings. The number of nitriles is 1. The van der Waals surface area contributed by atoms with Crippen molar-refractivity contribution in [2.24, 2.45) is 0 Å². The summed E-state index contributed by atoms with van der Waals surface area (Å²) in [4.78, 5) is 41.0. The summed E-state index contributed by atoms with van der Waals surface area (Å²) in [5.74, 6) is 1.07. The molecule has 0 N–H and O–H groups in total. The molecule has 2 aromatic heterocycles. The van der Waals surface area contributed by atoms with E-state index in [0.717, 1.165) is 54.9 Å². The highest BCUT2D eigenvalue weighted by Crippen LogP contribution is 2.43. The number of aromatic nitrogens is 2. The molecule has 236 valence electrons. The van der Waals surface area contributed by atoms with E-state index in [9.17, 15) is 14.9 Å². The molecule has 0 atom stereocenters. The summed E-state index contributed by atoms with van der Waals surface area (Å²) in [7, 11) is 0. The Morgan fingerprint density at radius 1 is 0.933 bits per heavy atom. The van der Waals surface area contributed by atoms with Crippen molar-refractivity contribution < 1.29 is 19.1 Å². The summed E-state index contributed by atoms with van der Waals surface area (Å²) < 4.78 is 11.3. The first-order valence-electron chi connectivity index (χ1n) is 15.5. The highest BCUT2D eigenvalue weighted by atomic mass is 16.6. The zero-order valence-corrected chi connectivity index (χ0v) is 27.0. The van der Waals surface area contributed by atoms with Gasteiger partial charge in [-0.2, -0.15) is 5.26 Å². The number of carbonyl (C=O) groups is 2. The maximum absolute atomic E-state index is 13.6. The molecule has 1 saturated carbocycles. The van der Waals surface area contributed by atoms with Crippen molar-refractivity contribution >= 4 is 23.8 Å². The van der Waals surface area contributed by atoms with Crippen LogP contribution in [0.25, 0.3) is 11.3 Å². The second kappa shape index (κ2) is 12.9. The average Bonchev–Trinajstić information content (AvgIpc) is 3.82. The zero-order chi connectivity index (χ0) is 32.4. The molecular formula is C35H42N6O4. The predicted octanol–water partition coefficient (Wildman–Crippen LogP) is 7.02. The third-order valence-electron chi connectivity index (χ3n) is 7.44. The topological polar surface area (TPSA) is 112 Å². The standard InChI is InChI=1S/C35H42N6O4/c1-34(2,3)44-32(42)40-16-14-39(15-17-40)23-25-8-7-9-27(18-25)29-20-28(26-10-11-26)21-31(38-29)41(33(43)45-35(4,5)6)30-19-24(22-36)12-13-37-30/h7-9,12-13,18-21,26H,10-11,14-17,23H2,1-6H3. The summed E-state index contributed by atoms with van der Waals surface area (Å²) in [6.45, 7) is 14.5. The molecule has 0 bridgehead atoms. The Hall–Kier alpha value is -4.49. The SMILES string of the molecule is CC(C)(C)OC(=O)N1CCN(Cc2cccc(-c3cc(C4CC4)cc(N(C(=O)OC(C)(C)C)c4cc(C#N)ccn4)n3)c2)CC1. The fourth-order valence-electron chi connectivity index (χ4n) is 5.18.